The number of fused-ring (bicyclic) bond motifs is 1. The van der Waals surface area contributed by atoms with Crippen LogP contribution in [0.3, 0.4) is 0 Å². The fourth-order valence-corrected chi connectivity index (χ4v) is 2.43. The van der Waals surface area contributed by atoms with E-state index in [1.807, 2.05) is 31.2 Å². The van der Waals surface area contributed by atoms with Crippen LogP contribution in [0.5, 0.6) is 5.75 Å². The number of nitrogens with two attached hydrogens (primary N) is 1. The van der Waals surface area contributed by atoms with E-state index in [-0.39, 0.29) is 5.84 Å². The maximum Gasteiger partial charge on any atom is 0.151 e. The molecule has 7 heteroatoms. The van der Waals surface area contributed by atoms with Crippen molar-refractivity contribution in [3.05, 3.63) is 35.8 Å². The zero-order chi connectivity index (χ0) is 15.7. The molecule has 0 aliphatic carbocycles. The summed E-state index contributed by atoms with van der Waals surface area (Å²) in [6.07, 6.45) is 0.906. The molecule has 3 aromatic rings. The van der Waals surface area contributed by atoms with Gasteiger partial charge in [-0.15, -0.1) is 0 Å². The van der Waals surface area contributed by atoms with E-state index in [1.165, 1.54) is 0 Å². The average Bonchev–Trinajstić information content (AvgIpc) is 3.10. The number of rotatable bonds is 4. The first-order chi connectivity index (χ1) is 10.6. The first-order valence-corrected chi connectivity index (χ1v) is 6.69. The van der Waals surface area contributed by atoms with E-state index >= 15 is 0 Å². The number of aliphatic imine (C=N–C) groups is 1. The maximum atomic E-state index is 7.05. The second kappa shape index (κ2) is 5.36. The predicted molar refractivity (Wildman–Crippen MR) is 86.7 cm³/mol. The highest BCUT2D eigenvalue weighted by molar-refractivity contribution is 6.04. The van der Waals surface area contributed by atoms with Crippen molar-refractivity contribution >= 4 is 23.1 Å². The van der Waals surface area contributed by atoms with Gasteiger partial charge in [0.05, 0.1) is 18.3 Å². The van der Waals surface area contributed by atoms with E-state index < -0.39 is 0 Å². The van der Waals surface area contributed by atoms with Gasteiger partial charge in [0.2, 0.25) is 0 Å². The van der Waals surface area contributed by atoms with Gasteiger partial charge in [0.25, 0.3) is 0 Å². The number of aromatic amines is 2. The number of nitrogens with zero attached hydrogens (tertiary/aromatic N) is 2. The van der Waals surface area contributed by atoms with Crippen LogP contribution >= 0.6 is 0 Å². The number of para-hydroxylation sites is 1. The largest absolute Gasteiger partial charge is 0.495 e. The summed E-state index contributed by atoms with van der Waals surface area (Å²) in [6.45, 7) is 1.84. The van der Waals surface area contributed by atoms with Crippen LogP contribution in [0.1, 0.15) is 11.5 Å². The van der Waals surface area contributed by atoms with Gasteiger partial charge in [-0.3, -0.25) is 5.41 Å². The number of ether oxygens (including phenoxy) is 1. The van der Waals surface area contributed by atoms with Crippen molar-refractivity contribution in [3.63, 3.8) is 0 Å². The minimum Gasteiger partial charge on any atom is -0.495 e. The van der Waals surface area contributed by atoms with Crippen LogP contribution in [0.15, 0.2) is 29.3 Å². The Kier molecular flexibility index (Phi) is 3.38. The first kappa shape index (κ1) is 13.9. The molecule has 0 bridgehead atoms. The number of nitrogens with one attached hydrogen (secondary N) is 3. The van der Waals surface area contributed by atoms with E-state index in [0.717, 1.165) is 34.5 Å². The third-order valence-electron chi connectivity index (χ3n) is 3.37. The molecule has 0 spiro atoms. The van der Waals surface area contributed by atoms with Gasteiger partial charge in [0, 0.05) is 5.39 Å². The Bertz CT molecular complexity index is 873. The molecular formula is C15H16N6O. The van der Waals surface area contributed by atoms with Gasteiger partial charge in [-0.25, -0.2) is 9.98 Å². The van der Waals surface area contributed by atoms with Crippen molar-refractivity contribution in [2.24, 2.45) is 10.7 Å². The number of H-pyrrole nitrogens is 2. The fraction of sp³-hybridized carbons (Fsp3) is 0.133. The van der Waals surface area contributed by atoms with Crippen LogP contribution < -0.4 is 10.5 Å². The molecule has 0 unspecified atom stereocenters. The summed E-state index contributed by atoms with van der Waals surface area (Å²) >= 11 is 0. The predicted octanol–water partition coefficient (Wildman–Crippen LogP) is 2.19. The van der Waals surface area contributed by atoms with Crippen molar-refractivity contribution in [1.82, 2.24) is 15.0 Å². The van der Waals surface area contributed by atoms with Gasteiger partial charge in [0.15, 0.2) is 5.84 Å². The van der Waals surface area contributed by atoms with Crippen LogP contribution in [0, 0.1) is 12.3 Å². The molecule has 112 valence electrons. The Hall–Kier alpha value is -3.09. The molecule has 0 saturated heterocycles. The molecule has 0 radical (unpaired) electrons. The van der Waals surface area contributed by atoms with E-state index in [0.29, 0.717) is 11.4 Å². The van der Waals surface area contributed by atoms with Crippen molar-refractivity contribution < 1.29 is 4.74 Å². The van der Waals surface area contributed by atoms with E-state index in [2.05, 4.69) is 19.9 Å². The number of benzene rings is 1. The van der Waals surface area contributed by atoms with Gasteiger partial charge < -0.3 is 20.4 Å². The first-order valence-electron chi connectivity index (χ1n) is 6.69. The van der Waals surface area contributed by atoms with Crippen LogP contribution in [0.2, 0.25) is 0 Å². The number of aromatic nitrogens is 3. The number of hydrogen-bond donors (Lipinski definition) is 4. The highest BCUT2D eigenvalue weighted by Gasteiger charge is 2.16. The Morgan fingerprint density at radius 3 is 2.95 bits per heavy atom. The molecule has 0 aliphatic heterocycles. The second-order valence-electron chi connectivity index (χ2n) is 4.80. The highest BCUT2D eigenvalue weighted by atomic mass is 16.5. The molecule has 22 heavy (non-hydrogen) atoms. The van der Waals surface area contributed by atoms with Crippen molar-refractivity contribution in [3.8, 4) is 17.1 Å². The smallest absolute Gasteiger partial charge is 0.151 e. The van der Waals surface area contributed by atoms with E-state index in [9.17, 15) is 0 Å². The van der Waals surface area contributed by atoms with Crippen molar-refractivity contribution in [2.45, 2.75) is 6.92 Å². The number of imidazole rings is 1. The molecule has 0 amide bonds. The summed E-state index contributed by atoms with van der Waals surface area (Å²) in [7, 11) is 1.63. The molecule has 0 atom stereocenters. The molecular weight excluding hydrogens is 280 g/mol. The Morgan fingerprint density at radius 1 is 1.41 bits per heavy atom. The lowest BCUT2D eigenvalue weighted by Gasteiger charge is -2.00. The van der Waals surface area contributed by atoms with Crippen LogP contribution in [-0.2, 0) is 0 Å². The minimum atomic E-state index is 0.219. The standard InChI is InChI=1S/C15H16N6O/c1-8-19-13(14(20-8)15(17)18-7-16)10-6-9-4-3-5-11(22-2)12(9)21-10/h3-7,21H,1-2H3,(H,19,20)(H3,16,17,18). The summed E-state index contributed by atoms with van der Waals surface area (Å²) in [6, 6.07) is 7.80. The second-order valence-corrected chi connectivity index (χ2v) is 4.80. The topological polar surface area (TPSA) is 116 Å². The summed E-state index contributed by atoms with van der Waals surface area (Å²) in [4.78, 5) is 14.7. The SMILES string of the molecule is COc1cccc2cc(-c3nc(C)[nH]c3/C(N)=N\C=N)[nH]c12. The summed E-state index contributed by atoms with van der Waals surface area (Å²) in [5.41, 5.74) is 8.86. The summed E-state index contributed by atoms with van der Waals surface area (Å²) in [5.74, 6) is 1.70. The lowest BCUT2D eigenvalue weighted by atomic mass is 10.2. The number of methoxy groups -OCH3 is 1. The van der Waals surface area contributed by atoms with Crippen LogP contribution in [0.25, 0.3) is 22.3 Å². The van der Waals surface area contributed by atoms with Gasteiger partial charge in [0.1, 0.15) is 29.3 Å². The lowest BCUT2D eigenvalue weighted by Crippen LogP contribution is -2.15. The van der Waals surface area contributed by atoms with Crippen LogP contribution in [-0.4, -0.2) is 34.2 Å². The maximum absolute atomic E-state index is 7.05. The third kappa shape index (κ3) is 2.22. The van der Waals surface area contributed by atoms with E-state index in [1.54, 1.807) is 7.11 Å². The third-order valence-corrected chi connectivity index (χ3v) is 3.37. The van der Waals surface area contributed by atoms with Gasteiger partial charge >= 0.3 is 0 Å². The molecule has 3 rings (SSSR count). The molecule has 2 heterocycles. The Morgan fingerprint density at radius 2 is 2.23 bits per heavy atom. The minimum absolute atomic E-state index is 0.219. The van der Waals surface area contributed by atoms with Crippen molar-refractivity contribution in [2.75, 3.05) is 7.11 Å². The van der Waals surface area contributed by atoms with Gasteiger partial charge in [-0.2, -0.15) is 0 Å². The van der Waals surface area contributed by atoms with Gasteiger partial charge in [-0.1, -0.05) is 12.1 Å². The summed E-state index contributed by atoms with van der Waals surface area (Å²) < 4.78 is 5.36. The number of amidine groups is 1. The molecule has 0 fully saturated rings. The molecule has 0 aliphatic rings. The molecule has 1 aromatic carbocycles. The number of hydrogen-bond acceptors (Lipinski definition) is 3. The average molecular weight is 296 g/mol. The van der Waals surface area contributed by atoms with Crippen molar-refractivity contribution in [1.29, 1.82) is 5.41 Å². The van der Waals surface area contributed by atoms with E-state index in [4.69, 9.17) is 15.9 Å². The Labute approximate surface area is 126 Å². The number of aryl methyl sites for hydroxylation is 1. The van der Waals surface area contributed by atoms with Gasteiger partial charge in [-0.05, 0) is 19.1 Å². The molecule has 2 aromatic heterocycles. The molecule has 0 saturated carbocycles. The normalized spacial score (nSPS) is 11.8. The Balaban J connectivity index is 2.20. The summed E-state index contributed by atoms with van der Waals surface area (Å²) in [5, 5.41) is 8.07. The quantitative estimate of drug-likeness (QED) is 0.436. The zero-order valence-electron chi connectivity index (χ0n) is 12.3. The lowest BCUT2D eigenvalue weighted by molar-refractivity contribution is 0.419. The fourth-order valence-electron chi connectivity index (χ4n) is 2.43. The zero-order valence-corrected chi connectivity index (χ0v) is 12.3. The highest BCUT2D eigenvalue weighted by Crippen LogP contribution is 2.30. The molecule has 7 nitrogen and oxygen atoms in total. The molecule has 5 N–H and O–H groups in total. The van der Waals surface area contributed by atoms with Crippen LogP contribution in [0.4, 0.5) is 0 Å². The monoisotopic (exact) mass is 296 g/mol.